The molecule has 1 heterocycles. The molecule has 1 saturated heterocycles. The molecule has 0 unspecified atom stereocenters. The number of carbonyl (C=O) groups is 3. The Kier molecular flexibility index (Phi) is 5.80. The third-order valence-electron chi connectivity index (χ3n) is 4.20. The van der Waals surface area contributed by atoms with Gasteiger partial charge in [-0.25, -0.2) is 4.39 Å². The molecule has 27 heavy (non-hydrogen) atoms. The zero-order valence-corrected chi connectivity index (χ0v) is 14.6. The molecular formula is C20H19FN2O4. The number of anilines is 1. The number of esters is 1. The third-order valence-corrected chi connectivity index (χ3v) is 4.20. The van der Waals surface area contributed by atoms with Gasteiger partial charge in [-0.3, -0.25) is 14.4 Å². The molecule has 1 N–H and O–H groups in total. The average molecular weight is 370 g/mol. The van der Waals surface area contributed by atoms with E-state index in [9.17, 15) is 18.8 Å². The van der Waals surface area contributed by atoms with Gasteiger partial charge in [-0.15, -0.1) is 0 Å². The number of amides is 2. The van der Waals surface area contributed by atoms with Crippen LogP contribution < -0.4 is 10.2 Å². The molecule has 0 aromatic heterocycles. The average Bonchev–Trinajstić information content (AvgIpc) is 3.10. The lowest BCUT2D eigenvalue weighted by Gasteiger charge is -2.15. The van der Waals surface area contributed by atoms with Crippen molar-refractivity contribution < 1.29 is 23.5 Å². The van der Waals surface area contributed by atoms with Gasteiger partial charge in [-0.1, -0.05) is 12.1 Å². The summed E-state index contributed by atoms with van der Waals surface area (Å²) in [6.45, 7) is 0.326. The molecule has 6 nitrogen and oxygen atoms in total. The molecule has 140 valence electrons. The highest BCUT2D eigenvalue weighted by molar-refractivity contribution is 5.98. The Bertz CT molecular complexity index is 851. The van der Waals surface area contributed by atoms with Crippen molar-refractivity contribution in [3.8, 4) is 0 Å². The van der Waals surface area contributed by atoms with Crippen LogP contribution >= 0.6 is 0 Å². The molecule has 0 atom stereocenters. The minimum atomic E-state index is -0.619. The number of rotatable bonds is 6. The molecular weight excluding hydrogens is 351 g/mol. The summed E-state index contributed by atoms with van der Waals surface area (Å²) in [5.74, 6) is -1.37. The second-order valence-electron chi connectivity index (χ2n) is 6.17. The summed E-state index contributed by atoms with van der Waals surface area (Å²) in [4.78, 5) is 37.3. The summed E-state index contributed by atoms with van der Waals surface area (Å²) < 4.78 is 18.1. The highest BCUT2D eigenvalue weighted by Crippen LogP contribution is 2.21. The number of ether oxygens (including phenoxy) is 1. The maximum absolute atomic E-state index is 13.1. The molecule has 0 radical (unpaired) electrons. The van der Waals surface area contributed by atoms with Crippen LogP contribution in [-0.2, 0) is 20.9 Å². The summed E-state index contributed by atoms with van der Waals surface area (Å²) in [5, 5.41) is 2.48. The summed E-state index contributed by atoms with van der Waals surface area (Å²) in [7, 11) is 0. The van der Waals surface area contributed by atoms with Crippen LogP contribution in [0.5, 0.6) is 0 Å². The smallest absolute Gasteiger partial charge is 0.325 e. The van der Waals surface area contributed by atoms with Crippen LogP contribution in [0, 0.1) is 5.82 Å². The van der Waals surface area contributed by atoms with Crippen molar-refractivity contribution in [3.05, 3.63) is 65.5 Å². The quantitative estimate of drug-likeness (QED) is 0.793. The van der Waals surface area contributed by atoms with E-state index in [1.165, 1.54) is 18.2 Å². The number of nitrogens with one attached hydrogen (secondary N) is 1. The number of hydrogen-bond acceptors (Lipinski definition) is 4. The van der Waals surface area contributed by atoms with Crippen molar-refractivity contribution >= 4 is 23.5 Å². The monoisotopic (exact) mass is 370 g/mol. The lowest BCUT2D eigenvalue weighted by molar-refractivity contribution is -0.143. The first-order valence-electron chi connectivity index (χ1n) is 8.61. The Morgan fingerprint density at radius 1 is 1.15 bits per heavy atom. The van der Waals surface area contributed by atoms with Gasteiger partial charge in [0.1, 0.15) is 19.0 Å². The van der Waals surface area contributed by atoms with E-state index in [0.717, 1.165) is 12.1 Å². The molecule has 0 spiro atoms. The fourth-order valence-corrected chi connectivity index (χ4v) is 2.81. The van der Waals surface area contributed by atoms with Gasteiger partial charge in [0.05, 0.1) is 0 Å². The first-order chi connectivity index (χ1) is 13.0. The van der Waals surface area contributed by atoms with Crippen LogP contribution in [0.15, 0.2) is 48.5 Å². The van der Waals surface area contributed by atoms with Gasteiger partial charge in [-0.05, 0) is 48.4 Å². The van der Waals surface area contributed by atoms with E-state index in [4.69, 9.17) is 4.74 Å². The normalized spacial score (nSPS) is 13.5. The van der Waals surface area contributed by atoms with Crippen LogP contribution in [0.3, 0.4) is 0 Å². The molecule has 7 heteroatoms. The van der Waals surface area contributed by atoms with Crippen molar-refractivity contribution in [2.45, 2.75) is 19.4 Å². The first kappa shape index (κ1) is 18.6. The van der Waals surface area contributed by atoms with Crippen molar-refractivity contribution in [3.63, 3.8) is 0 Å². The van der Waals surface area contributed by atoms with Crippen LogP contribution in [0.4, 0.5) is 10.1 Å². The first-order valence-corrected chi connectivity index (χ1v) is 8.61. The van der Waals surface area contributed by atoms with Crippen LogP contribution in [0.25, 0.3) is 0 Å². The summed E-state index contributed by atoms with van der Waals surface area (Å²) >= 11 is 0. The lowest BCUT2D eigenvalue weighted by atomic mass is 10.2. The molecule has 1 aliphatic heterocycles. The summed E-state index contributed by atoms with van der Waals surface area (Å²) in [5.41, 5.74) is 1.66. The lowest BCUT2D eigenvalue weighted by Crippen LogP contribution is -2.30. The number of halogens is 1. The molecule has 1 aliphatic rings. The maximum atomic E-state index is 13.1. The van der Waals surface area contributed by atoms with E-state index >= 15 is 0 Å². The standard InChI is InChI=1S/C20H19FN2O4/c21-16-4-1-3-14(11-16)13-27-19(25)12-22-20(26)15-6-8-17(9-7-15)23-10-2-5-18(23)24/h1,3-4,6-9,11H,2,5,10,12-13H2,(H,22,26). The topological polar surface area (TPSA) is 75.7 Å². The van der Waals surface area contributed by atoms with E-state index in [-0.39, 0.29) is 19.1 Å². The van der Waals surface area contributed by atoms with Crippen LogP contribution in [0.2, 0.25) is 0 Å². The molecule has 2 aromatic rings. The van der Waals surface area contributed by atoms with E-state index in [2.05, 4.69) is 5.32 Å². The van der Waals surface area contributed by atoms with E-state index in [1.54, 1.807) is 35.2 Å². The largest absolute Gasteiger partial charge is 0.460 e. The fourth-order valence-electron chi connectivity index (χ4n) is 2.81. The summed E-state index contributed by atoms with van der Waals surface area (Å²) in [6, 6.07) is 12.4. The Hall–Kier alpha value is -3.22. The van der Waals surface area contributed by atoms with Gasteiger partial charge < -0.3 is 15.0 Å². The predicted octanol–water partition coefficient (Wildman–Crippen LogP) is 2.43. The Morgan fingerprint density at radius 2 is 1.93 bits per heavy atom. The van der Waals surface area contributed by atoms with Gasteiger partial charge >= 0.3 is 5.97 Å². The number of nitrogens with zero attached hydrogens (tertiary/aromatic N) is 1. The molecule has 0 bridgehead atoms. The highest BCUT2D eigenvalue weighted by atomic mass is 19.1. The number of benzene rings is 2. The van der Waals surface area contributed by atoms with Crippen molar-refractivity contribution in [2.75, 3.05) is 18.0 Å². The molecule has 2 amide bonds. The summed E-state index contributed by atoms with van der Waals surface area (Å²) in [6.07, 6.45) is 1.37. The van der Waals surface area contributed by atoms with Crippen molar-refractivity contribution in [1.82, 2.24) is 5.32 Å². The highest BCUT2D eigenvalue weighted by Gasteiger charge is 2.21. The Morgan fingerprint density at radius 3 is 2.59 bits per heavy atom. The molecule has 0 aliphatic carbocycles. The molecule has 2 aromatic carbocycles. The van der Waals surface area contributed by atoms with Gasteiger partial charge in [-0.2, -0.15) is 0 Å². The Balaban J connectivity index is 1.47. The number of carbonyl (C=O) groups excluding carboxylic acids is 3. The van der Waals surface area contributed by atoms with Gasteiger partial charge in [0.2, 0.25) is 5.91 Å². The SMILES string of the molecule is O=C(CNC(=O)c1ccc(N2CCCC2=O)cc1)OCc1cccc(F)c1. The van der Waals surface area contributed by atoms with Crippen molar-refractivity contribution in [1.29, 1.82) is 0 Å². The van der Waals surface area contributed by atoms with Crippen LogP contribution in [-0.4, -0.2) is 30.9 Å². The molecule has 0 saturated carbocycles. The van der Waals surface area contributed by atoms with Gasteiger partial charge in [0, 0.05) is 24.2 Å². The maximum Gasteiger partial charge on any atom is 0.325 e. The number of hydrogen-bond donors (Lipinski definition) is 1. The third kappa shape index (κ3) is 4.91. The van der Waals surface area contributed by atoms with E-state index in [1.807, 2.05) is 0 Å². The molecule has 1 fully saturated rings. The van der Waals surface area contributed by atoms with Gasteiger partial charge in [0.25, 0.3) is 5.91 Å². The van der Waals surface area contributed by atoms with E-state index in [0.29, 0.717) is 24.1 Å². The minimum Gasteiger partial charge on any atom is -0.460 e. The predicted molar refractivity (Wildman–Crippen MR) is 96.6 cm³/mol. The van der Waals surface area contributed by atoms with Crippen molar-refractivity contribution in [2.24, 2.45) is 0 Å². The van der Waals surface area contributed by atoms with Crippen LogP contribution in [0.1, 0.15) is 28.8 Å². The second kappa shape index (κ2) is 8.44. The van der Waals surface area contributed by atoms with Gasteiger partial charge in [0.15, 0.2) is 0 Å². The minimum absolute atomic E-state index is 0.0645. The fraction of sp³-hybridized carbons (Fsp3) is 0.250. The van der Waals surface area contributed by atoms with E-state index < -0.39 is 17.7 Å². The molecule has 3 rings (SSSR count). The second-order valence-corrected chi connectivity index (χ2v) is 6.17. The Labute approximate surface area is 155 Å². The zero-order valence-electron chi connectivity index (χ0n) is 14.6. The zero-order chi connectivity index (χ0) is 19.2.